The van der Waals surface area contributed by atoms with Crippen LogP contribution in [0.4, 0.5) is 5.82 Å². The van der Waals surface area contributed by atoms with Gasteiger partial charge in [0.25, 0.3) is 0 Å². The maximum Gasteiger partial charge on any atom is 0.137 e. The van der Waals surface area contributed by atoms with Gasteiger partial charge in [-0.3, -0.25) is 0 Å². The van der Waals surface area contributed by atoms with Gasteiger partial charge in [0.2, 0.25) is 0 Å². The first-order chi connectivity index (χ1) is 7.09. The molecular formula is C11H20N2OS. The molecular weight excluding hydrogens is 208 g/mol. The van der Waals surface area contributed by atoms with Gasteiger partial charge < -0.3 is 10.5 Å². The SMILES string of the molecule is CCOC(CC)(CC)c1nc(N)c(C)s1. The number of rotatable bonds is 5. The summed E-state index contributed by atoms with van der Waals surface area (Å²) < 4.78 is 5.87. The van der Waals surface area contributed by atoms with Gasteiger partial charge in [-0.05, 0) is 26.7 Å². The number of nitrogens with zero attached hydrogens (tertiary/aromatic N) is 1. The average molecular weight is 228 g/mol. The summed E-state index contributed by atoms with van der Waals surface area (Å²) in [6, 6.07) is 0. The molecule has 0 atom stereocenters. The second-order valence-corrected chi connectivity index (χ2v) is 4.80. The second-order valence-electron chi connectivity index (χ2n) is 3.59. The van der Waals surface area contributed by atoms with Crippen molar-refractivity contribution in [3.05, 3.63) is 9.88 Å². The van der Waals surface area contributed by atoms with Crippen molar-refractivity contribution in [2.75, 3.05) is 12.3 Å². The van der Waals surface area contributed by atoms with Gasteiger partial charge in [0.15, 0.2) is 0 Å². The molecule has 0 bridgehead atoms. The molecule has 0 amide bonds. The third kappa shape index (κ3) is 2.32. The van der Waals surface area contributed by atoms with E-state index in [-0.39, 0.29) is 5.60 Å². The van der Waals surface area contributed by atoms with Gasteiger partial charge in [0, 0.05) is 11.5 Å². The van der Waals surface area contributed by atoms with Crippen LogP contribution in [0.15, 0.2) is 0 Å². The largest absolute Gasteiger partial charge is 0.383 e. The van der Waals surface area contributed by atoms with Gasteiger partial charge in [-0.2, -0.15) is 0 Å². The van der Waals surface area contributed by atoms with Crippen LogP contribution in [-0.2, 0) is 10.3 Å². The fraction of sp³-hybridized carbons (Fsp3) is 0.727. The Morgan fingerprint density at radius 3 is 2.27 bits per heavy atom. The predicted molar refractivity (Wildman–Crippen MR) is 65.1 cm³/mol. The number of ether oxygens (including phenoxy) is 1. The maximum absolute atomic E-state index is 5.87. The first-order valence-corrected chi connectivity index (χ1v) is 6.28. The highest BCUT2D eigenvalue weighted by molar-refractivity contribution is 7.12. The zero-order valence-electron chi connectivity index (χ0n) is 9.96. The highest BCUT2D eigenvalue weighted by Gasteiger charge is 2.32. The molecule has 1 heterocycles. The summed E-state index contributed by atoms with van der Waals surface area (Å²) in [6.07, 6.45) is 1.87. The lowest BCUT2D eigenvalue weighted by molar-refractivity contribution is -0.0505. The van der Waals surface area contributed by atoms with E-state index < -0.39 is 0 Å². The normalized spacial score (nSPS) is 12.0. The third-order valence-electron chi connectivity index (χ3n) is 2.79. The number of thiazole rings is 1. The minimum absolute atomic E-state index is 0.234. The molecule has 15 heavy (non-hydrogen) atoms. The van der Waals surface area contributed by atoms with Gasteiger partial charge in [-0.1, -0.05) is 13.8 Å². The maximum atomic E-state index is 5.87. The van der Waals surface area contributed by atoms with Gasteiger partial charge in [-0.25, -0.2) is 4.98 Å². The second kappa shape index (κ2) is 4.94. The summed E-state index contributed by atoms with van der Waals surface area (Å²) in [6.45, 7) is 8.99. The number of aryl methyl sites for hydroxylation is 1. The van der Waals surface area contributed by atoms with Gasteiger partial charge in [0.1, 0.15) is 16.4 Å². The number of hydrogen-bond acceptors (Lipinski definition) is 4. The van der Waals surface area contributed by atoms with Crippen LogP contribution in [0.25, 0.3) is 0 Å². The predicted octanol–water partition coefficient (Wildman–Crippen LogP) is 3.09. The Labute approximate surface area is 95.7 Å². The monoisotopic (exact) mass is 228 g/mol. The van der Waals surface area contributed by atoms with E-state index in [1.54, 1.807) is 11.3 Å². The molecule has 0 radical (unpaired) electrons. The molecule has 0 saturated carbocycles. The van der Waals surface area contributed by atoms with E-state index in [9.17, 15) is 0 Å². The molecule has 0 aliphatic carbocycles. The highest BCUT2D eigenvalue weighted by Crippen LogP contribution is 2.37. The molecule has 0 aliphatic rings. The minimum atomic E-state index is -0.234. The van der Waals surface area contributed by atoms with Crippen LogP contribution in [0.1, 0.15) is 43.5 Å². The van der Waals surface area contributed by atoms with Crippen molar-refractivity contribution in [2.45, 2.75) is 46.1 Å². The number of anilines is 1. The van der Waals surface area contributed by atoms with Crippen molar-refractivity contribution in [1.82, 2.24) is 4.98 Å². The molecule has 0 spiro atoms. The zero-order valence-corrected chi connectivity index (χ0v) is 10.8. The van der Waals surface area contributed by atoms with E-state index in [1.807, 2.05) is 13.8 Å². The molecule has 3 nitrogen and oxygen atoms in total. The molecule has 4 heteroatoms. The van der Waals surface area contributed by atoms with Crippen molar-refractivity contribution < 1.29 is 4.74 Å². The average Bonchev–Trinajstić information content (AvgIpc) is 2.56. The Kier molecular flexibility index (Phi) is 4.11. The van der Waals surface area contributed by atoms with E-state index >= 15 is 0 Å². The lowest BCUT2D eigenvalue weighted by Crippen LogP contribution is -2.28. The highest BCUT2D eigenvalue weighted by atomic mass is 32.1. The first-order valence-electron chi connectivity index (χ1n) is 5.47. The molecule has 0 unspecified atom stereocenters. The van der Waals surface area contributed by atoms with Crippen molar-refractivity contribution in [1.29, 1.82) is 0 Å². The molecule has 1 rings (SSSR count). The van der Waals surface area contributed by atoms with Crippen LogP contribution >= 0.6 is 11.3 Å². The van der Waals surface area contributed by atoms with E-state index in [2.05, 4.69) is 18.8 Å². The summed E-state index contributed by atoms with van der Waals surface area (Å²) in [5, 5.41) is 1.02. The molecule has 86 valence electrons. The third-order valence-corrected chi connectivity index (χ3v) is 3.96. The van der Waals surface area contributed by atoms with Crippen molar-refractivity contribution >= 4 is 17.2 Å². The van der Waals surface area contributed by atoms with Crippen LogP contribution in [0.5, 0.6) is 0 Å². The Hall–Kier alpha value is -0.610. The Morgan fingerprint density at radius 2 is 1.93 bits per heavy atom. The summed E-state index contributed by atoms with van der Waals surface area (Å²) >= 11 is 1.65. The number of nitrogens with two attached hydrogens (primary N) is 1. The lowest BCUT2D eigenvalue weighted by atomic mass is 9.98. The van der Waals surface area contributed by atoms with Gasteiger partial charge in [-0.15, -0.1) is 11.3 Å². The Bertz CT molecular complexity index is 299. The van der Waals surface area contributed by atoms with E-state index in [1.165, 1.54) is 0 Å². The van der Waals surface area contributed by atoms with Crippen molar-refractivity contribution in [2.24, 2.45) is 0 Å². The molecule has 2 N–H and O–H groups in total. The molecule has 1 aromatic heterocycles. The van der Waals surface area contributed by atoms with Crippen LogP contribution < -0.4 is 5.73 Å². The van der Waals surface area contributed by atoms with E-state index in [0.29, 0.717) is 12.4 Å². The zero-order chi connectivity index (χ0) is 11.5. The number of hydrogen-bond donors (Lipinski definition) is 1. The minimum Gasteiger partial charge on any atom is -0.383 e. The fourth-order valence-corrected chi connectivity index (χ4v) is 2.82. The number of aromatic nitrogens is 1. The van der Waals surface area contributed by atoms with E-state index in [0.717, 1.165) is 22.7 Å². The molecule has 1 aromatic rings. The quantitative estimate of drug-likeness (QED) is 0.842. The first kappa shape index (κ1) is 12.5. The molecule has 0 fully saturated rings. The number of nitrogen functional groups attached to an aromatic ring is 1. The van der Waals surface area contributed by atoms with Crippen LogP contribution in [0.2, 0.25) is 0 Å². The Morgan fingerprint density at radius 1 is 1.33 bits per heavy atom. The van der Waals surface area contributed by atoms with Crippen LogP contribution in [0, 0.1) is 6.92 Å². The molecule has 0 aliphatic heterocycles. The summed E-state index contributed by atoms with van der Waals surface area (Å²) in [5.41, 5.74) is 5.55. The molecule has 0 saturated heterocycles. The van der Waals surface area contributed by atoms with Crippen molar-refractivity contribution in [3.63, 3.8) is 0 Å². The van der Waals surface area contributed by atoms with Crippen molar-refractivity contribution in [3.8, 4) is 0 Å². The Balaban J connectivity index is 3.07. The lowest BCUT2D eigenvalue weighted by Gasteiger charge is -2.29. The fourth-order valence-electron chi connectivity index (χ4n) is 1.70. The summed E-state index contributed by atoms with van der Waals surface area (Å²) in [7, 11) is 0. The topological polar surface area (TPSA) is 48.1 Å². The van der Waals surface area contributed by atoms with E-state index in [4.69, 9.17) is 10.5 Å². The summed E-state index contributed by atoms with van der Waals surface area (Å²) in [4.78, 5) is 5.49. The van der Waals surface area contributed by atoms with Crippen LogP contribution in [0.3, 0.4) is 0 Å². The van der Waals surface area contributed by atoms with Crippen LogP contribution in [-0.4, -0.2) is 11.6 Å². The van der Waals surface area contributed by atoms with Gasteiger partial charge >= 0.3 is 0 Å². The standard InChI is InChI=1S/C11H20N2OS/c1-5-11(6-2,14-7-3)10-13-9(12)8(4)15-10/h5-7,12H2,1-4H3. The molecule has 0 aromatic carbocycles. The van der Waals surface area contributed by atoms with Gasteiger partial charge in [0.05, 0.1) is 0 Å². The smallest absolute Gasteiger partial charge is 0.137 e. The summed E-state index contributed by atoms with van der Waals surface area (Å²) in [5.74, 6) is 0.640.